The second-order valence-corrected chi connectivity index (χ2v) is 8.43. The molecule has 0 aliphatic rings. The average molecular weight is 388 g/mol. The van der Waals surface area contributed by atoms with Crippen molar-refractivity contribution < 1.29 is 4.79 Å². The molecule has 2 unspecified atom stereocenters. The maximum absolute atomic E-state index is 12.7. The van der Waals surface area contributed by atoms with Gasteiger partial charge in [-0.1, -0.05) is 37.6 Å². The molecule has 1 aromatic heterocycles. The second-order valence-electron chi connectivity index (χ2n) is 6.58. The molecule has 0 saturated heterocycles. The maximum atomic E-state index is 12.7. The van der Waals surface area contributed by atoms with E-state index in [1.165, 1.54) is 11.8 Å². The van der Waals surface area contributed by atoms with E-state index in [9.17, 15) is 4.79 Å². The van der Waals surface area contributed by atoms with E-state index in [1.54, 1.807) is 0 Å². The lowest BCUT2D eigenvalue weighted by Crippen LogP contribution is -2.37. The van der Waals surface area contributed by atoms with Crippen LogP contribution in [0.15, 0.2) is 53.4 Å². The lowest BCUT2D eigenvalue weighted by molar-refractivity contribution is -0.121. The van der Waals surface area contributed by atoms with Gasteiger partial charge in [-0.15, -0.1) is 11.8 Å². The fraction of sp³-hybridized carbons (Fsp3) is 0.300. The number of halogens is 1. The van der Waals surface area contributed by atoms with Gasteiger partial charge in [0.15, 0.2) is 0 Å². The van der Waals surface area contributed by atoms with Gasteiger partial charge in [0.2, 0.25) is 5.91 Å². The molecule has 26 heavy (non-hydrogen) atoms. The summed E-state index contributed by atoms with van der Waals surface area (Å²) >= 11 is 7.43. The topological polar surface area (TPSA) is 57.8 Å². The predicted octanol–water partition coefficient (Wildman–Crippen LogP) is 5.21. The molecule has 1 amide bonds. The smallest absolute Gasteiger partial charge is 0.233 e. The van der Waals surface area contributed by atoms with Gasteiger partial charge < -0.3 is 10.3 Å². The molecule has 4 nitrogen and oxygen atoms in total. The Balaban J connectivity index is 1.72. The Bertz CT molecular complexity index is 858. The zero-order valence-corrected chi connectivity index (χ0v) is 16.6. The Kier molecular flexibility index (Phi) is 5.89. The van der Waals surface area contributed by atoms with Crippen molar-refractivity contribution in [2.75, 3.05) is 0 Å². The van der Waals surface area contributed by atoms with Gasteiger partial charge in [0.05, 0.1) is 22.3 Å². The zero-order chi connectivity index (χ0) is 18.7. The number of nitrogens with zero attached hydrogens (tertiary/aromatic N) is 1. The number of hydrogen-bond donors (Lipinski definition) is 2. The van der Waals surface area contributed by atoms with Gasteiger partial charge in [-0.25, -0.2) is 4.98 Å². The fourth-order valence-electron chi connectivity index (χ4n) is 2.71. The first-order valence-corrected chi connectivity index (χ1v) is 9.87. The largest absolute Gasteiger partial charge is 0.345 e. The average Bonchev–Trinajstić information content (AvgIpc) is 3.04. The van der Waals surface area contributed by atoms with Crippen LogP contribution >= 0.6 is 23.4 Å². The first kappa shape index (κ1) is 18.8. The summed E-state index contributed by atoms with van der Waals surface area (Å²) in [7, 11) is 0. The van der Waals surface area contributed by atoms with Crippen LogP contribution in [0.5, 0.6) is 0 Å². The lowest BCUT2D eigenvalue weighted by Gasteiger charge is -2.22. The van der Waals surface area contributed by atoms with Crippen molar-refractivity contribution in [2.45, 2.75) is 37.0 Å². The highest BCUT2D eigenvalue weighted by atomic mass is 35.5. The minimum absolute atomic E-state index is 0.0101. The van der Waals surface area contributed by atoms with Crippen LogP contribution in [0.25, 0.3) is 11.0 Å². The van der Waals surface area contributed by atoms with Gasteiger partial charge >= 0.3 is 0 Å². The molecule has 1 heterocycles. The number of benzene rings is 2. The van der Waals surface area contributed by atoms with E-state index in [2.05, 4.69) is 29.1 Å². The number of hydrogen-bond acceptors (Lipinski definition) is 3. The molecule has 2 aromatic carbocycles. The van der Waals surface area contributed by atoms with Crippen LogP contribution in [0.3, 0.4) is 0 Å². The summed E-state index contributed by atoms with van der Waals surface area (Å²) in [6.45, 7) is 6.06. The normalized spacial score (nSPS) is 13.7. The molecule has 2 N–H and O–H groups in total. The molecular formula is C20H22ClN3OS. The summed E-state index contributed by atoms with van der Waals surface area (Å²) in [6, 6.07) is 15.2. The molecule has 0 saturated carbocycles. The Labute approximate surface area is 162 Å². The van der Waals surface area contributed by atoms with Crippen molar-refractivity contribution in [3.63, 3.8) is 0 Å². The highest BCUT2D eigenvalue weighted by molar-refractivity contribution is 8.00. The highest BCUT2D eigenvalue weighted by Crippen LogP contribution is 2.27. The molecule has 0 bridgehead atoms. The maximum Gasteiger partial charge on any atom is 0.233 e. The number of rotatable bonds is 6. The number of thioether (sulfide) groups is 1. The van der Waals surface area contributed by atoms with E-state index in [-0.39, 0.29) is 23.1 Å². The van der Waals surface area contributed by atoms with Crippen LogP contribution < -0.4 is 5.32 Å². The number of H-pyrrole nitrogens is 1. The van der Waals surface area contributed by atoms with Gasteiger partial charge in [0.25, 0.3) is 0 Å². The van der Waals surface area contributed by atoms with Gasteiger partial charge in [-0.2, -0.15) is 0 Å². The van der Waals surface area contributed by atoms with Gasteiger partial charge in [0.1, 0.15) is 5.82 Å². The number of aromatic amines is 1. The summed E-state index contributed by atoms with van der Waals surface area (Å²) in [4.78, 5) is 21.7. The van der Waals surface area contributed by atoms with E-state index in [0.29, 0.717) is 5.02 Å². The van der Waals surface area contributed by atoms with Crippen LogP contribution in [0.2, 0.25) is 5.02 Å². The summed E-state index contributed by atoms with van der Waals surface area (Å²) in [6.07, 6.45) is 0. The molecule has 136 valence electrons. The van der Waals surface area contributed by atoms with Gasteiger partial charge in [0, 0.05) is 9.92 Å². The quantitative estimate of drug-likeness (QED) is 0.571. The summed E-state index contributed by atoms with van der Waals surface area (Å²) in [5.74, 6) is 0.995. The Morgan fingerprint density at radius 2 is 1.81 bits per heavy atom. The minimum Gasteiger partial charge on any atom is -0.345 e. The molecule has 0 aliphatic heterocycles. The van der Waals surface area contributed by atoms with E-state index < -0.39 is 0 Å². The van der Waals surface area contributed by atoms with Gasteiger partial charge in [-0.3, -0.25) is 4.79 Å². The third-order valence-corrected chi connectivity index (χ3v) is 5.53. The summed E-state index contributed by atoms with van der Waals surface area (Å²) < 4.78 is 0. The summed E-state index contributed by atoms with van der Waals surface area (Å²) in [5.41, 5.74) is 1.89. The molecule has 3 rings (SSSR count). The number of imidazole rings is 1. The molecular weight excluding hydrogens is 366 g/mol. The number of fused-ring (bicyclic) bond motifs is 1. The van der Waals surface area contributed by atoms with Crippen molar-refractivity contribution in [1.29, 1.82) is 0 Å². The number of amides is 1. The van der Waals surface area contributed by atoms with Crippen molar-refractivity contribution in [1.82, 2.24) is 15.3 Å². The second kappa shape index (κ2) is 8.14. The van der Waals surface area contributed by atoms with E-state index in [1.807, 2.05) is 55.5 Å². The molecule has 0 fully saturated rings. The monoisotopic (exact) mass is 387 g/mol. The van der Waals surface area contributed by atoms with E-state index >= 15 is 0 Å². The third-order valence-electron chi connectivity index (χ3n) is 4.16. The van der Waals surface area contributed by atoms with E-state index in [0.717, 1.165) is 21.8 Å². The fourth-order valence-corrected chi connectivity index (χ4v) is 3.71. The predicted molar refractivity (Wildman–Crippen MR) is 109 cm³/mol. The standard InChI is InChI=1S/C20H22ClN3OS/c1-12(2)18(19-22-16-6-4-5-7-17(16)23-19)24-20(25)13(3)26-15-10-8-14(21)9-11-15/h4-13,18H,1-3H3,(H,22,23)(H,24,25). The van der Waals surface area contributed by atoms with Crippen molar-refractivity contribution in [2.24, 2.45) is 5.92 Å². The summed E-state index contributed by atoms with van der Waals surface area (Å²) in [5, 5.41) is 3.62. The van der Waals surface area contributed by atoms with Crippen LogP contribution in [-0.4, -0.2) is 21.1 Å². The van der Waals surface area contributed by atoms with Crippen molar-refractivity contribution in [3.05, 3.63) is 59.4 Å². The number of carbonyl (C=O) groups excluding carboxylic acids is 1. The lowest BCUT2D eigenvalue weighted by atomic mass is 10.0. The SMILES string of the molecule is CC(Sc1ccc(Cl)cc1)C(=O)NC(c1nc2ccccc2[nH]1)C(C)C. The van der Waals surface area contributed by atoms with Crippen molar-refractivity contribution >= 4 is 40.3 Å². The Morgan fingerprint density at radius 1 is 1.12 bits per heavy atom. The van der Waals surface area contributed by atoms with Crippen LogP contribution in [0, 0.1) is 5.92 Å². The molecule has 6 heteroatoms. The van der Waals surface area contributed by atoms with Crippen LogP contribution in [0.1, 0.15) is 32.6 Å². The zero-order valence-electron chi connectivity index (χ0n) is 15.0. The third kappa shape index (κ3) is 4.40. The number of nitrogens with one attached hydrogen (secondary N) is 2. The Morgan fingerprint density at radius 3 is 2.46 bits per heavy atom. The molecule has 0 radical (unpaired) electrons. The Hall–Kier alpha value is -1.98. The molecule has 0 spiro atoms. The van der Waals surface area contributed by atoms with Gasteiger partial charge in [-0.05, 0) is 49.2 Å². The molecule has 0 aliphatic carbocycles. The molecule has 3 aromatic rings. The molecule has 2 atom stereocenters. The first-order valence-electron chi connectivity index (χ1n) is 8.61. The number of para-hydroxylation sites is 2. The van der Waals surface area contributed by atoms with E-state index in [4.69, 9.17) is 11.6 Å². The highest BCUT2D eigenvalue weighted by Gasteiger charge is 2.24. The van der Waals surface area contributed by atoms with Crippen LogP contribution in [0.4, 0.5) is 0 Å². The van der Waals surface area contributed by atoms with Crippen LogP contribution in [-0.2, 0) is 4.79 Å². The first-order chi connectivity index (χ1) is 12.4. The number of aromatic nitrogens is 2. The minimum atomic E-state index is -0.221. The number of carbonyl (C=O) groups is 1. The van der Waals surface area contributed by atoms with Crippen molar-refractivity contribution in [3.8, 4) is 0 Å².